The van der Waals surface area contributed by atoms with E-state index >= 15 is 0 Å². The van der Waals surface area contributed by atoms with Gasteiger partial charge in [-0.25, -0.2) is 0 Å². The summed E-state index contributed by atoms with van der Waals surface area (Å²) in [6.45, 7) is 4.36. The van der Waals surface area contributed by atoms with Crippen molar-refractivity contribution in [3.8, 4) is 6.07 Å². The second-order valence-electron chi connectivity index (χ2n) is 8.25. The number of hydrogen-bond acceptors (Lipinski definition) is 5. The van der Waals surface area contributed by atoms with Gasteiger partial charge in [0, 0.05) is 24.7 Å². The molecule has 1 heterocycles. The first-order valence-corrected chi connectivity index (χ1v) is 10.7. The summed E-state index contributed by atoms with van der Waals surface area (Å²) in [5.41, 5.74) is 1.92. The molecule has 0 amide bonds. The molecule has 3 unspecified atom stereocenters. The second kappa shape index (κ2) is 8.77. The van der Waals surface area contributed by atoms with Crippen molar-refractivity contribution in [1.29, 1.82) is 5.26 Å². The van der Waals surface area contributed by atoms with Gasteiger partial charge in [-0.15, -0.1) is 0 Å². The minimum absolute atomic E-state index is 0.00692. The number of benzene rings is 2. The SMILES string of the molecule is C=CCOC(=O)C1(CCC#N)CCC2C(C1=O)c1ccccc1N2Cc1ccccc1. The number of rotatable bonds is 7. The highest BCUT2D eigenvalue weighted by Gasteiger charge is 2.58. The first kappa shape index (κ1) is 20.9. The van der Waals surface area contributed by atoms with Crippen molar-refractivity contribution in [3.63, 3.8) is 0 Å². The van der Waals surface area contributed by atoms with Crippen LogP contribution in [-0.2, 0) is 20.9 Å². The Balaban J connectivity index is 1.71. The maximum absolute atomic E-state index is 13.9. The van der Waals surface area contributed by atoms with E-state index in [0.717, 1.165) is 11.3 Å². The number of carbonyl (C=O) groups excluding carboxylic acids is 2. The zero-order valence-corrected chi connectivity index (χ0v) is 17.5. The normalized spacial score (nSPS) is 24.1. The molecule has 31 heavy (non-hydrogen) atoms. The van der Waals surface area contributed by atoms with Crippen molar-refractivity contribution in [2.45, 2.75) is 44.2 Å². The number of hydrogen-bond donors (Lipinski definition) is 0. The molecule has 2 aromatic rings. The monoisotopic (exact) mass is 414 g/mol. The standard InChI is InChI=1S/C26H26N2O3/c1-2-17-31-25(30)26(14-8-16-27)15-13-22-23(24(26)29)20-11-6-7-12-21(20)28(22)18-19-9-4-3-5-10-19/h2-7,9-12,22-23H,1,8,13-15,17-18H2. The molecule has 5 nitrogen and oxygen atoms in total. The molecule has 3 atom stereocenters. The Morgan fingerprint density at radius 3 is 2.71 bits per heavy atom. The van der Waals surface area contributed by atoms with Crippen LogP contribution in [0, 0.1) is 16.7 Å². The average molecular weight is 415 g/mol. The van der Waals surface area contributed by atoms with Crippen LogP contribution < -0.4 is 4.90 Å². The van der Waals surface area contributed by atoms with Crippen molar-refractivity contribution in [3.05, 3.63) is 78.4 Å². The van der Waals surface area contributed by atoms with E-state index in [1.807, 2.05) is 36.4 Å². The molecular formula is C26H26N2O3. The lowest BCUT2D eigenvalue weighted by atomic mass is 9.63. The molecule has 0 spiro atoms. The van der Waals surface area contributed by atoms with Crippen LogP contribution in [0.15, 0.2) is 67.3 Å². The molecule has 0 bridgehead atoms. The Morgan fingerprint density at radius 2 is 1.97 bits per heavy atom. The van der Waals surface area contributed by atoms with Crippen LogP contribution in [0.3, 0.4) is 0 Å². The van der Waals surface area contributed by atoms with Crippen LogP contribution in [0.5, 0.6) is 0 Å². The summed E-state index contributed by atoms with van der Waals surface area (Å²) in [7, 11) is 0. The lowest BCUT2D eigenvalue weighted by Crippen LogP contribution is -2.52. The highest BCUT2D eigenvalue weighted by atomic mass is 16.5. The van der Waals surface area contributed by atoms with Gasteiger partial charge in [0.15, 0.2) is 5.78 Å². The third kappa shape index (κ3) is 3.63. The largest absolute Gasteiger partial charge is 0.461 e. The predicted molar refractivity (Wildman–Crippen MR) is 118 cm³/mol. The maximum Gasteiger partial charge on any atom is 0.320 e. The van der Waals surface area contributed by atoms with E-state index in [-0.39, 0.29) is 31.3 Å². The van der Waals surface area contributed by atoms with Gasteiger partial charge in [0.05, 0.1) is 12.0 Å². The second-order valence-corrected chi connectivity index (χ2v) is 8.25. The molecular weight excluding hydrogens is 388 g/mol. The number of fused-ring (bicyclic) bond motifs is 3. The van der Waals surface area contributed by atoms with Gasteiger partial charge in [-0.2, -0.15) is 5.26 Å². The van der Waals surface area contributed by atoms with Gasteiger partial charge in [0.25, 0.3) is 0 Å². The number of esters is 1. The van der Waals surface area contributed by atoms with E-state index in [4.69, 9.17) is 10.00 Å². The predicted octanol–water partition coefficient (Wildman–Crippen LogP) is 4.54. The number of nitrogens with zero attached hydrogens (tertiary/aromatic N) is 2. The quantitative estimate of drug-likeness (QED) is 0.378. The van der Waals surface area contributed by atoms with Crippen molar-refractivity contribution < 1.29 is 14.3 Å². The summed E-state index contributed by atoms with van der Waals surface area (Å²) in [6, 6.07) is 20.3. The fourth-order valence-corrected chi connectivity index (χ4v) is 5.11. The zero-order valence-electron chi connectivity index (χ0n) is 17.5. The molecule has 0 aromatic heterocycles. The number of ether oxygens (including phenoxy) is 1. The van der Waals surface area contributed by atoms with E-state index in [0.29, 0.717) is 19.4 Å². The van der Waals surface area contributed by atoms with E-state index < -0.39 is 17.3 Å². The van der Waals surface area contributed by atoms with Gasteiger partial charge in [0.2, 0.25) is 0 Å². The minimum atomic E-state index is -1.27. The van der Waals surface area contributed by atoms with Crippen LogP contribution in [0.4, 0.5) is 5.69 Å². The highest BCUT2D eigenvalue weighted by molar-refractivity contribution is 6.09. The smallest absolute Gasteiger partial charge is 0.320 e. The number of ketones is 1. The van der Waals surface area contributed by atoms with E-state index in [1.54, 1.807) is 0 Å². The fourth-order valence-electron chi connectivity index (χ4n) is 5.11. The number of nitriles is 1. The van der Waals surface area contributed by atoms with E-state index in [1.165, 1.54) is 11.6 Å². The number of anilines is 1. The summed E-state index contributed by atoms with van der Waals surface area (Å²) in [4.78, 5) is 29.3. The van der Waals surface area contributed by atoms with Gasteiger partial charge < -0.3 is 9.64 Å². The molecule has 1 aliphatic heterocycles. The molecule has 0 radical (unpaired) electrons. The first-order chi connectivity index (χ1) is 15.1. The van der Waals surface area contributed by atoms with Crippen molar-refractivity contribution in [1.82, 2.24) is 0 Å². The third-order valence-corrected chi connectivity index (χ3v) is 6.57. The number of para-hydroxylation sites is 1. The van der Waals surface area contributed by atoms with Gasteiger partial charge in [-0.05, 0) is 36.5 Å². The molecule has 1 saturated carbocycles. The van der Waals surface area contributed by atoms with E-state index in [9.17, 15) is 9.59 Å². The van der Waals surface area contributed by atoms with Crippen LogP contribution in [0.2, 0.25) is 0 Å². The summed E-state index contributed by atoms with van der Waals surface area (Å²) in [6.07, 6.45) is 2.92. The Labute approximate surface area is 182 Å². The molecule has 0 N–H and O–H groups in total. The fraction of sp³-hybridized carbons (Fsp3) is 0.346. The van der Waals surface area contributed by atoms with Crippen molar-refractivity contribution in [2.75, 3.05) is 11.5 Å². The average Bonchev–Trinajstić information content (AvgIpc) is 3.12. The Hall–Kier alpha value is -3.39. The van der Waals surface area contributed by atoms with Crippen LogP contribution >= 0.6 is 0 Å². The molecule has 2 aromatic carbocycles. The molecule has 5 heteroatoms. The van der Waals surface area contributed by atoms with Crippen LogP contribution in [-0.4, -0.2) is 24.4 Å². The lowest BCUT2D eigenvalue weighted by molar-refractivity contribution is -0.163. The van der Waals surface area contributed by atoms with Crippen LogP contribution in [0.1, 0.15) is 42.7 Å². The highest BCUT2D eigenvalue weighted by Crippen LogP contribution is 2.53. The van der Waals surface area contributed by atoms with Gasteiger partial charge in [-0.3, -0.25) is 9.59 Å². The third-order valence-electron chi connectivity index (χ3n) is 6.57. The Bertz CT molecular complexity index is 1030. The van der Waals surface area contributed by atoms with Gasteiger partial charge >= 0.3 is 5.97 Å². The molecule has 2 aliphatic rings. The topological polar surface area (TPSA) is 70.4 Å². The van der Waals surface area contributed by atoms with Crippen LogP contribution in [0.25, 0.3) is 0 Å². The van der Waals surface area contributed by atoms with E-state index in [2.05, 4.69) is 35.7 Å². The summed E-state index contributed by atoms with van der Waals surface area (Å²) < 4.78 is 5.36. The lowest BCUT2D eigenvalue weighted by Gasteiger charge is -2.41. The maximum atomic E-state index is 13.9. The van der Waals surface area contributed by atoms with Crippen molar-refractivity contribution in [2.24, 2.45) is 5.41 Å². The number of carbonyl (C=O) groups is 2. The summed E-state index contributed by atoms with van der Waals surface area (Å²) >= 11 is 0. The summed E-state index contributed by atoms with van der Waals surface area (Å²) in [5.74, 6) is -1.04. The molecule has 1 fully saturated rings. The molecule has 0 saturated heterocycles. The van der Waals surface area contributed by atoms with Gasteiger partial charge in [0.1, 0.15) is 12.0 Å². The van der Waals surface area contributed by atoms with Crippen molar-refractivity contribution >= 4 is 17.4 Å². The summed E-state index contributed by atoms with van der Waals surface area (Å²) in [5, 5.41) is 9.17. The molecule has 4 rings (SSSR count). The minimum Gasteiger partial charge on any atom is -0.461 e. The first-order valence-electron chi connectivity index (χ1n) is 10.7. The Kier molecular flexibility index (Phi) is 5.90. The zero-order chi connectivity index (χ0) is 21.8. The molecule has 158 valence electrons. The van der Waals surface area contributed by atoms with Gasteiger partial charge in [-0.1, -0.05) is 61.2 Å². The molecule has 1 aliphatic carbocycles. The Morgan fingerprint density at radius 1 is 1.23 bits per heavy atom. The number of Topliss-reactive ketones (excluding diaryl/α,β-unsaturated/α-hetero) is 1.